The molecule has 1 atom stereocenters. The fraction of sp³-hybridized carbons (Fsp3) is 0.579. The fourth-order valence-electron chi connectivity index (χ4n) is 3.75. The summed E-state index contributed by atoms with van der Waals surface area (Å²) < 4.78 is 34.2. The van der Waals surface area contributed by atoms with Crippen molar-refractivity contribution in [1.82, 2.24) is 14.7 Å². The van der Waals surface area contributed by atoms with Crippen molar-refractivity contribution in [3.05, 3.63) is 23.1 Å². The summed E-state index contributed by atoms with van der Waals surface area (Å²) in [5.74, 6) is -0.670. The average molecular weight is 440 g/mol. The Bertz CT molecular complexity index is 982. The summed E-state index contributed by atoms with van der Waals surface area (Å²) in [6.07, 6.45) is -1.47. The Balaban J connectivity index is 1.73. The van der Waals surface area contributed by atoms with Crippen LogP contribution in [0.25, 0.3) is 10.9 Å². The second-order valence-corrected chi connectivity index (χ2v) is 9.11. The smallest absolute Gasteiger partial charge is 0.465 e. The lowest BCUT2D eigenvalue weighted by Crippen LogP contribution is -2.46. The van der Waals surface area contributed by atoms with E-state index in [1.807, 2.05) is 27.7 Å². The van der Waals surface area contributed by atoms with Crippen LogP contribution in [0.1, 0.15) is 27.7 Å². The first-order valence-electron chi connectivity index (χ1n) is 9.79. The Morgan fingerprint density at radius 1 is 1.33 bits per heavy atom. The van der Waals surface area contributed by atoms with Gasteiger partial charge < -0.3 is 24.1 Å². The lowest BCUT2D eigenvalue weighted by Gasteiger charge is -2.32. The molecule has 162 valence electrons. The normalized spacial score (nSPS) is 23.3. The Kier molecular flexibility index (Phi) is 5.25. The van der Waals surface area contributed by atoms with E-state index in [0.717, 1.165) is 0 Å². The molecule has 1 amide bonds. The number of carboxylic acid groups (broad SMARTS) is 1. The number of benzene rings is 1. The van der Waals surface area contributed by atoms with Crippen LogP contribution >= 0.6 is 11.6 Å². The van der Waals surface area contributed by atoms with Crippen molar-refractivity contribution in [3.63, 3.8) is 0 Å². The van der Waals surface area contributed by atoms with Crippen molar-refractivity contribution < 1.29 is 28.3 Å². The van der Waals surface area contributed by atoms with E-state index in [1.54, 1.807) is 6.07 Å². The van der Waals surface area contributed by atoms with E-state index >= 15 is 0 Å². The molecule has 8 nitrogen and oxygen atoms in total. The number of rotatable bonds is 3. The van der Waals surface area contributed by atoms with Gasteiger partial charge in [-0.05, 0) is 39.8 Å². The van der Waals surface area contributed by atoms with Gasteiger partial charge in [0.2, 0.25) is 5.95 Å². The van der Waals surface area contributed by atoms with E-state index in [4.69, 9.17) is 25.6 Å². The quantitative estimate of drug-likeness (QED) is 0.740. The van der Waals surface area contributed by atoms with Crippen LogP contribution in [0.5, 0.6) is 0 Å². The largest absolute Gasteiger partial charge is 0.497 e. The maximum atomic E-state index is 14.7. The van der Waals surface area contributed by atoms with E-state index in [-0.39, 0.29) is 25.1 Å². The number of fused-ring (bicyclic) bond motifs is 1. The van der Waals surface area contributed by atoms with Crippen LogP contribution < -0.4 is 5.46 Å². The molecule has 30 heavy (non-hydrogen) atoms. The van der Waals surface area contributed by atoms with E-state index < -0.39 is 36.5 Å². The third-order valence-corrected chi connectivity index (χ3v) is 6.30. The molecule has 1 aromatic carbocycles. The lowest BCUT2D eigenvalue weighted by molar-refractivity contribution is -0.0303. The summed E-state index contributed by atoms with van der Waals surface area (Å²) in [7, 11) is -0.756. The first-order valence-corrected chi connectivity index (χ1v) is 10.2. The van der Waals surface area contributed by atoms with Gasteiger partial charge in [0.25, 0.3) is 0 Å². The molecule has 0 aliphatic carbocycles. The number of aromatic nitrogens is 2. The molecule has 2 aliphatic heterocycles. The number of nitrogens with zero attached hydrogens (tertiary/aromatic N) is 3. The fourth-order valence-corrected chi connectivity index (χ4v) is 3.98. The number of morpholine rings is 1. The second kappa shape index (κ2) is 7.37. The van der Waals surface area contributed by atoms with Gasteiger partial charge in [-0.15, -0.1) is 5.10 Å². The molecular weight excluding hydrogens is 415 g/mol. The molecule has 0 bridgehead atoms. The summed E-state index contributed by atoms with van der Waals surface area (Å²) in [5, 5.41) is 13.9. The molecule has 0 unspecified atom stereocenters. The van der Waals surface area contributed by atoms with Crippen molar-refractivity contribution in [1.29, 1.82) is 0 Å². The number of hydrogen-bond acceptors (Lipinski definition) is 5. The number of hydrogen-bond donors (Lipinski definition) is 1. The van der Waals surface area contributed by atoms with Crippen molar-refractivity contribution in [2.45, 2.75) is 51.5 Å². The third-order valence-electron chi connectivity index (χ3n) is 6.09. The van der Waals surface area contributed by atoms with E-state index in [9.17, 15) is 14.3 Å². The van der Waals surface area contributed by atoms with Gasteiger partial charge in [0.15, 0.2) is 0 Å². The first kappa shape index (κ1) is 21.4. The minimum atomic E-state index is -1.01. The zero-order valence-electron chi connectivity index (χ0n) is 17.3. The molecule has 0 spiro atoms. The van der Waals surface area contributed by atoms with Crippen molar-refractivity contribution in [2.75, 3.05) is 19.7 Å². The van der Waals surface area contributed by atoms with Crippen LogP contribution in [0.2, 0.25) is 5.02 Å². The molecule has 2 aliphatic rings. The van der Waals surface area contributed by atoms with E-state index in [0.29, 0.717) is 22.5 Å². The van der Waals surface area contributed by atoms with Gasteiger partial charge in [-0.2, -0.15) is 4.39 Å². The predicted octanol–water partition coefficient (Wildman–Crippen LogP) is 2.51. The van der Waals surface area contributed by atoms with E-state index in [1.165, 1.54) is 15.6 Å². The molecule has 3 heterocycles. The van der Waals surface area contributed by atoms with Crippen LogP contribution in [-0.2, 0) is 20.6 Å². The monoisotopic (exact) mass is 439 g/mol. The van der Waals surface area contributed by atoms with Crippen LogP contribution in [0.3, 0.4) is 0 Å². The van der Waals surface area contributed by atoms with E-state index in [2.05, 4.69) is 5.10 Å². The highest BCUT2D eigenvalue weighted by Gasteiger charge is 2.52. The standard InChI is InChI=1S/C19H24BClFN3O5/c1-18(2)19(3,4)30-20(29-18)14-8-11(21)7-13-15(14)25(23-16(13)22)10-12-9-24(17(26)27)5-6-28-12/h7-8,12H,5-6,9-10H2,1-4H3,(H,26,27)/t12-/m0/s1. The van der Waals surface area contributed by atoms with Gasteiger partial charge in [0.1, 0.15) is 0 Å². The van der Waals surface area contributed by atoms with Gasteiger partial charge in [-0.1, -0.05) is 11.6 Å². The van der Waals surface area contributed by atoms with Crippen LogP contribution in [0, 0.1) is 5.95 Å². The zero-order chi connectivity index (χ0) is 21.8. The Morgan fingerprint density at radius 2 is 2.00 bits per heavy atom. The van der Waals surface area contributed by atoms with Crippen molar-refractivity contribution >= 4 is 41.2 Å². The molecule has 2 fully saturated rings. The zero-order valence-corrected chi connectivity index (χ0v) is 18.1. The average Bonchev–Trinajstić information content (AvgIpc) is 3.07. The SMILES string of the molecule is CC1(C)OB(c2cc(Cl)cc3c(F)nn(C[C@@H]4CN(C(=O)O)CCO4)c23)OC1(C)C. The molecule has 1 aromatic heterocycles. The summed E-state index contributed by atoms with van der Waals surface area (Å²) in [4.78, 5) is 12.6. The van der Waals surface area contributed by atoms with Gasteiger partial charge in [0.05, 0.1) is 47.9 Å². The lowest BCUT2D eigenvalue weighted by atomic mass is 9.77. The molecular formula is C19H24BClFN3O5. The minimum Gasteiger partial charge on any atom is -0.465 e. The van der Waals surface area contributed by atoms with Gasteiger partial charge in [-0.25, -0.2) is 4.79 Å². The molecule has 2 aromatic rings. The molecule has 4 rings (SSSR count). The highest BCUT2D eigenvalue weighted by molar-refractivity contribution is 6.65. The van der Waals surface area contributed by atoms with Crippen LogP contribution in [0.15, 0.2) is 12.1 Å². The molecule has 1 N–H and O–H groups in total. The maximum Gasteiger partial charge on any atom is 0.497 e. The van der Waals surface area contributed by atoms with Crippen LogP contribution in [0.4, 0.5) is 9.18 Å². The first-order chi connectivity index (χ1) is 14.0. The van der Waals surface area contributed by atoms with Crippen LogP contribution in [-0.4, -0.2) is 70.0 Å². The highest BCUT2D eigenvalue weighted by atomic mass is 35.5. The second-order valence-electron chi connectivity index (χ2n) is 8.67. The molecule has 2 saturated heterocycles. The summed E-state index contributed by atoms with van der Waals surface area (Å²) in [6.45, 7) is 8.66. The Morgan fingerprint density at radius 3 is 2.63 bits per heavy atom. The summed E-state index contributed by atoms with van der Waals surface area (Å²) >= 11 is 6.26. The number of ether oxygens (including phenoxy) is 1. The Labute approximate surface area is 179 Å². The Hall–Kier alpha value is -1.88. The predicted molar refractivity (Wildman–Crippen MR) is 110 cm³/mol. The summed E-state index contributed by atoms with van der Waals surface area (Å²) in [6, 6.07) is 3.20. The third kappa shape index (κ3) is 3.66. The highest BCUT2D eigenvalue weighted by Crippen LogP contribution is 2.37. The molecule has 11 heteroatoms. The van der Waals surface area contributed by atoms with Gasteiger partial charge in [-0.3, -0.25) is 4.68 Å². The number of halogens is 2. The molecule has 0 radical (unpaired) electrons. The van der Waals surface area contributed by atoms with Crippen molar-refractivity contribution in [2.24, 2.45) is 0 Å². The minimum absolute atomic E-state index is 0.178. The van der Waals surface area contributed by atoms with Crippen molar-refractivity contribution in [3.8, 4) is 0 Å². The topological polar surface area (TPSA) is 86.1 Å². The molecule has 0 saturated carbocycles. The van der Waals surface area contributed by atoms with Gasteiger partial charge >= 0.3 is 13.2 Å². The number of amides is 1. The van der Waals surface area contributed by atoms with Gasteiger partial charge in [0, 0.05) is 17.0 Å². The maximum absolute atomic E-state index is 14.7. The number of carbonyl (C=O) groups is 1. The summed E-state index contributed by atoms with van der Waals surface area (Å²) in [5.41, 5.74) is -0.0983.